The van der Waals surface area contributed by atoms with E-state index in [4.69, 9.17) is 14.2 Å². The number of nitrogens with zero attached hydrogens (tertiary/aromatic N) is 1. The van der Waals surface area contributed by atoms with Gasteiger partial charge in [0.05, 0.1) is 12.7 Å². The predicted molar refractivity (Wildman–Crippen MR) is 146 cm³/mol. The van der Waals surface area contributed by atoms with E-state index in [9.17, 15) is 5.11 Å². The van der Waals surface area contributed by atoms with Crippen molar-refractivity contribution in [1.82, 2.24) is 0 Å². The molecule has 0 radical (unpaired) electrons. The molecule has 0 aromatic heterocycles. The molecule has 0 amide bonds. The first-order chi connectivity index (χ1) is 17.5. The molecule has 1 aliphatic heterocycles. The van der Waals surface area contributed by atoms with Gasteiger partial charge >= 0.3 is 0 Å². The van der Waals surface area contributed by atoms with Crippen LogP contribution in [0.15, 0.2) is 78.9 Å². The Hall–Kier alpha value is -2.86. The Morgan fingerprint density at radius 1 is 1.11 bits per heavy atom. The number of hydrogen-bond donors (Lipinski definition) is 1. The number of benzene rings is 2. The Labute approximate surface area is 215 Å². The van der Waals surface area contributed by atoms with Crippen LogP contribution in [0.2, 0.25) is 0 Å². The van der Waals surface area contributed by atoms with Gasteiger partial charge in [0.15, 0.2) is 6.29 Å². The third-order valence-electron chi connectivity index (χ3n) is 7.43. The highest BCUT2D eigenvalue weighted by Gasteiger charge is 2.32. The standard InChI is InChI=1S/C31H39NO4/c1-5-6-7-8-22(2)28-15-11-24-19-26(33)14-16-29(24)31(28)23-9-12-25(13-10-23)32-18-17-27(20-32)36-21-30(34-3)35-4/h5-10,12-14,16,19,27-28,30-31,33H,2,11,15,17-18,20-21H2,1,3-4H3/b6-5-,8-7-/t27-,28+,31-/m0/s1. The molecule has 2 aliphatic rings. The Morgan fingerprint density at radius 2 is 1.89 bits per heavy atom. The average molecular weight is 490 g/mol. The van der Waals surface area contributed by atoms with E-state index < -0.39 is 0 Å². The number of aryl methyl sites for hydroxylation is 1. The monoisotopic (exact) mass is 489 g/mol. The fourth-order valence-electron chi connectivity index (χ4n) is 5.47. The van der Waals surface area contributed by atoms with Crippen LogP contribution in [-0.4, -0.2) is 51.4 Å². The molecule has 0 unspecified atom stereocenters. The first-order valence-electron chi connectivity index (χ1n) is 12.9. The first-order valence-corrected chi connectivity index (χ1v) is 12.9. The minimum Gasteiger partial charge on any atom is -0.508 e. The summed E-state index contributed by atoms with van der Waals surface area (Å²) in [6.07, 6.45) is 11.1. The average Bonchev–Trinajstić information content (AvgIpc) is 3.38. The quantitative estimate of drug-likeness (QED) is 0.328. The second kappa shape index (κ2) is 12.4. The van der Waals surface area contributed by atoms with E-state index in [0.717, 1.165) is 37.9 Å². The van der Waals surface area contributed by atoms with E-state index in [1.165, 1.54) is 22.4 Å². The van der Waals surface area contributed by atoms with E-state index in [2.05, 4.69) is 54.0 Å². The molecular formula is C31H39NO4. The molecule has 3 atom stereocenters. The fraction of sp³-hybridized carbons (Fsp3) is 0.419. The molecule has 36 heavy (non-hydrogen) atoms. The predicted octanol–water partition coefficient (Wildman–Crippen LogP) is 5.99. The van der Waals surface area contributed by atoms with Crippen molar-refractivity contribution in [2.45, 2.75) is 44.5 Å². The Kier molecular flexibility index (Phi) is 9.03. The highest BCUT2D eigenvalue weighted by Crippen LogP contribution is 2.45. The van der Waals surface area contributed by atoms with Gasteiger partial charge in [0.25, 0.3) is 0 Å². The van der Waals surface area contributed by atoms with Crippen LogP contribution in [-0.2, 0) is 20.6 Å². The molecule has 2 aromatic carbocycles. The molecule has 1 saturated heterocycles. The smallest absolute Gasteiger partial charge is 0.180 e. The van der Waals surface area contributed by atoms with Crippen LogP contribution in [0.4, 0.5) is 5.69 Å². The van der Waals surface area contributed by atoms with Gasteiger partial charge in [0.1, 0.15) is 5.75 Å². The zero-order valence-electron chi connectivity index (χ0n) is 21.7. The van der Waals surface area contributed by atoms with Crippen molar-refractivity contribution in [3.63, 3.8) is 0 Å². The van der Waals surface area contributed by atoms with Crippen LogP contribution >= 0.6 is 0 Å². The zero-order valence-corrected chi connectivity index (χ0v) is 21.7. The van der Waals surface area contributed by atoms with Crippen LogP contribution in [0, 0.1) is 5.92 Å². The number of anilines is 1. The number of rotatable bonds is 10. The van der Waals surface area contributed by atoms with Crippen molar-refractivity contribution in [1.29, 1.82) is 0 Å². The van der Waals surface area contributed by atoms with Gasteiger partial charge in [-0.15, -0.1) is 0 Å². The van der Waals surface area contributed by atoms with Crippen molar-refractivity contribution >= 4 is 5.69 Å². The maximum atomic E-state index is 10.1. The van der Waals surface area contributed by atoms with Gasteiger partial charge in [0, 0.05) is 38.9 Å². The number of fused-ring (bicyclic) bond motifs is 1. The van der Waals surface area contributed by atoms with Crippen molar-refractivity contribution in [2.75, 3.05) is 38.8 Å². The Morgan fingerprint density at radius 3 is 2.61 bits per heavy atom. The Bertz CT molecular complexity index is 1070. The van der Waals surface area contributed by atoms with Gasteiger partial charge in [-0.1, -0.05) is 54.7 Å². The molecule has 0 bridgehead atoms. The largest absolute Gasteiger partial charge is 0.508 e. The lowest BCUT2D eigenvalue weighted by Gasteiger charge is -2.35. The summed E-state index contributed by atoms with van der Waals surface area (Å²) in [7, 11) is 3.26. The summed E-state index contributed by atoms with van der Waals surface area (Å²) < 4.78 is 16.5. The Balaban J connectivity index is 1.52. The van der Waals surface area contributed by atoms with Gasteiger partial charge in [0.2, 0.25) is 0 Å². The number of aromatic hydroxyl groups is 1. The summed E-state index contributed by atoms with van der Waals surface area (Å²) in [5.74, 6) is 0.857. The molecule has 1 fully saturated rings. The van der Waals surface area contributed by atoms with Crippen LogP contribution < -0.4 is 4.90 Å². The van der Waals surface area contributed by atoms with Crippen LogP contribution in [0.1, 0.15) is 42.4 Å². The molecule has 4 rings (SSSR count). The van der Waals surface area contributed by atoms with Gasteiger partial charge in [-0.2, -0.15) is 0 Å². The molecule has 5 nitrogen and oxygen atoms in total. The molecule has 1 aliphatic carbocycles. The van der Waals surface area contributed by atoms with Gasteiger partial charge in [-0.3, -0.25) is 0 Å². The lowest BCUT2D eigenvalue weighted by molar-refractivity contribution is -0.149. The van der Waals surface area contributed by atoms with E-state index >= 15 is 0 Å². The van der Waals surface area contributed by atoms with Gasteiger partial charge in [-0.25, -0.2) is 0 Å². The maximum absolute atomic E-state index is 10.1. The molecule has 192 valence electrons. The van der Waals surface area contributed by atoms with Crippen LogP contribution in [0.5, 0.6) is 5.75 Å². The first kappa shape index (κ1) is 26.2. The number of ether oxygens (including phenoxy) is 3. The van der Waals surface area contributed by atoms with Crippen molar-refractivity contribution < 1.29 is 19.3 Å². The molecule has 0 spiro atoms. The number of hydrogen-bond acceptors (Lipinski definition) is 5. The van der Waals surface area contributed by atoms with Gasteiger partial charge < -0.3 is 24.2 Å². The van der Waals surface area contributed by atoms with Crippen molar-refractivity contribution in [2.24, 2.45) is 5.92 Å². The highest BCUT2D eigenvalue weighted by atomic mass is 16.7. The van der Waals surface area contributed by atoms with Crippen molar-refractivity contribution in [3.05, 3.63) is 95.6 Å². The summed E-state index contributed by atoms with van der Waals surface area (Å²) >= 11 is 0. The highest BCUT2D eigenvalue weighted by molar-refractivity contribution is 5.52. The summed E-state index contributed by atoms with van der Waals surface area (Å²) in [5, 5.41) is 10.1. The van der Waals surface area contributed by atoms with E-state index in [1.807, 2.05) is 31.2 Å². The van der Waals surface area contributed by atoms with E-state index in [-0.39, 0.29) is 18.3 Å². The number of methoxy groups -OCH3 is 2. The van der Waals surface area contributed by atoms with Crippen LogP contribution in [0.3, 0.4) is 0 Å². The number of phenolic OH excluding ortho intramolecular Hbond substituents is 1. The summed E-state index contributed by atoms with van der Waals surface area (Å²) in [6.45, 7) is 8.72. The minimum absolute atomic E-state index is 0.173. The maximum Gasteiger partial charge on any atom is 0.180 e. The zero-order chi connectivity index (χ0) is 25.5. The summed E-state index contributed by atoms with van der Waals surface area (Å²) in [4.78, 5) is 2.38. The lowest BCUT2D eigenvalue weighted by atomic mass is 9.69. The summed E-state index contributed by atoms with van der Waals surface area (Å²) in [6, 6.07) is 14.8. The number of allylic oxidation sites excluding steroid dienone is 5. The molecule has 1 N–H and O–H groups in total. The van der Waals surface area contributed by atoms with Gasteiger partial charge in [-0.05, 0) is 73.1 Å². The fourth-order valence-corrected chi connectivity index (χ4v) is 5.47. The molecule has 2 aromatic rings. The minimum atomic E-state index is -0.325. The molecule has 1 heterocycles. The number of phenols is 1. The second-order valence-corrected chi connectivity index (χ2v) is 9.65. The summed E-state index contributed by atoms with van der Waals surface area (Å²) in [5.41, 5.74) is 6.16. The third kappa shape index (κ3) is 6.09. The lowest BCUT2D eigenvalue weighted by Crippen LogP contribution is -2.27. The SMILES string of the molecule is C=C(/C=C\C=C/C)[C@H]1CCc2cc(O)ccc2[C@H]1c1ccc(N2CC[C@H](OCC(OC)OC)C2)cc1. The van der Waals surface area contributed by atoms with E-state index in [0.29, 0.717) is 18.3 Å². The topological polar surface area (TPSA) is 51.2 Å². The molecule has 5 heteroatoms. The molecule has 0 saturated carbocycles. The molecular weight excluding hydrogens is 450 g/mol. The second-order valence-electron chi connectivity index (χ2n) is 9.65. The van der Waals surface area contributed by atoms with Crippen molar-refractivity contribution in [3.8, 4) is 5.75 Å². The normalized spacial score (nSPS) is 22.1. The third-order valence-corrected chi connectivity index (χ3v) is 7.43. The van der Waals surface area contributed by atoms with E-state index in [1.54, 1.807) is 14.2 Å². The van der Waals surface area contributed by atoms with Crippen LogP contribution in [0.25, 0.3) is 0 Å².